The highest BCUT2D eigenvalue weighted by Gasteiger charge is 2.23. The van der Waals surface area contributed by atoms with Crippen LogP contribution in [0.4, 0.5) is 17.1 Å². The van der Waals surface area contributed by atoms with E-state index < -0.39 is 0 Å². The number of aromatic nitrogens is 1. The lowest BCUT2D eigenvalue weighted by Crippen LogP contribution is -2.12. The molecule has 0 bridgehead atoms. The van der Waals surface area contributed by atoms with Gasteiger partial charge in [-0.05, 0) is 122 Å². The van der Waals surface area contributed by atoms with Gasteiger partial charge in [0, 0.05) is 33.4 Å². The Hall–Kier alpha value is -8.72. The SMILES string of the molecule is c1ccc(-c2ccccc2-c2c(-c3ccccc3)cccc2N(c2ccc(-c3ccc4ccccc4c3)cc2)c2ccc(-c3ccc4c5ccccc5n(-c5ccccc5)c4c3)cc2)cc1. The first-order valence-electron chi connectivity index (χ1n) is 22.7. The smallest absolute Gasteiger partial charge is 0.0547 e. The van der Waals surface area contributed by atoms with Gasteiger partial charge in [-0.3, -0.25) is 0 Å². The minimum Gasteiger partial charge on any atom is -0.310 e. The summed E-state index contributed by atoms with van der Waals surface area (Å²) >= 11 is 0. The number of anilines is 3. The topological polar surface area (TPSA) is 8.17 Å². The van der Waals surface area contributed by atoms with Crippen LogP contribution in [0.3, 0.4) is 0 Å². The fourth-order valence-corrected chi connectivity index (χ4v) is 9.85. The van der Waals surface area contributed by atoms with E-state index in [0.29, 0.717) is 0 Å². The summed E-state index contributed by atoms with van der Waals surface area (Å²) in [6.45, 7) is 0. The van der Waals surface area contributed by atoms with Gasteiger partial charge >= 0.3 is 0 Å². The number of para-hydroxylation sites is 2. The van der Waals surface area contributed by atoms with Crippen LogP contribution < -0.4 is 4.90 Å². The zero-order valence-corrected chi connectivity index (χ0v) is 36.3. The Labute approximate surface area is 385 Å². The van der Waals surface area contributed by atoms with E-state index in [9.17, 15) is 0 Å². The maximum Gasteiger partial charge on any atom is 0.0547 e. The Morgan fingerprint density at radius 2 is 0.773 bits per heavy atom. The predicted octanol–water partition coefficient (Wildman–Crippen LogP) is 17.7. The summed E-state index contributed by atoms with van der Waals surface area (Å²) in [7, 11) is 0. The molecule has 1 heterocycles. The molecule has 1 aromatic heterocycles. The van der Waals surface area contributed by atoms with E-state index in [1.165, 1.54) is 82.6 Å². The molecule has 0 saturated heterocycles. The molecule has 66 heavy (non-hydrogen) atoms. The Morgan fingerprint density at radius 1 is 0.273 bits per heavy atom. The molecule has 310 valence electrons. The first-order valence-corrected chi connectivity index (χ1v) is 22.7. The molecule has 0 aliphatic heterocycles. The van der Waals surface area contributed by atoms with Crippen molar-refractivity contribution in [1.82, 2.24) is 4.57 Å². The number of benzene rings is 11. The van der Waals surface area contributed by atoms with Gasteiger partial charge in [-0.15, -0.1) is 0 Å². The van der Waals surface area contributed by atoms with Crippen LogP contribution in [-0.4, -0.2) is 4.57 Å². The molecule has 0 atom stereocenters. The Bertz CT molecular complexity index is 3660. The van der Waals surface area contributed by atoms with Gasteiger partial charge in [-0.1, -0.05) is 206 Å². The van der Waals surface area contributed by atoms with Gasteiger partial charge in [0.05, 0.1) is 16.7 Å². The third kappa shape index (κ3) is 7.02. The molecule has 0 aliphatic rings. The molecule has 11 aromatic carbocycles. The van der Waals surface area contributed by atoms with Crippen molar-refractivity contribution in [2.24, 2.45) is 0 Å². The van der Waals surface area contributed by atoms with Crippen LogP contribution >= 0.6 is 0 Å². The van der Waals surface area contributed by atoms with Crippen molar-refractivity contribution in [2.45, 2.75) is 0 Å². The molecule has 0 amide bonds. The Morgan fingerprint density at radius 3 is 1.47 bits per heavy atom. The second-order valence-corrected chi connectivity index (χ2v) is 16.9. The first kappa shape index (κ1) is 38.9. The van der Waals surface area contributed by atoms with Crippen LogP contribution in [0.5, 0.6) is 0 Å². The molecule has 0 saturated carbocycles. The van der Waals surface area contributed by atoms with Crippen LogP contribution in [-0.2, 0) is 0 Å². The standard InChI is InChI=1S/C64H44N2/c1-4-18-48(19-5-1)56-25-12-13-27-60(56)64-57(49-20-6-2-7-21-49)28-16-30-62(64)65(54-38-33-46(34-39-54)51-32-31-45-17-10-11-22-50(45)43-51)55-40-35-47(36-41-55)52-37-42-59-58-26-14-15-29-61(58)66(63(59)44-52)53-23-8-3-9-24-53/h1-44H. The van der Waals surface area contributed by atoms with E-state index in [4.69, 9.17) is 0 Å². The molecule has 2 nitrogen and oxygen atoms in total. The number of hydrogen-bond acceptors (Lipinski definition) is 1. The second-order valence-electron chi connectivity index (χ2n) is 16.9. The molecule has 0 N–H and O–H groups in total. The number of nitrogens with zero attached hydrogens (tertiary/aromatic N) is 2. The molecule has 0 radical (unpaired) electrons. The molecule has 12 aromatic rings. The van der Waals surface area contributed by atoms with Gasteiger partial charge in [0.1, 0.15) is 0 Å². The van der Waals surface area contributed by atoms with Gasteiger partial charge in [0.2, 0.25) is 0 Å². The highest BCUT2D eigenvalue weighted by Crippen LogP contribution is 2.48. The Kier molecular flexibility index (Phi) is 9.89. The zero-order chi connectivity index (χ0) is 43.8. The highest BCUT2D eigenvalue weighted by atomic mass is 15.1. The number of rotatable bonds is 9. The van der Waals surface area contributed by atoms with Crippen LogP contribution in [0.1, 0.15) is 0 Å². The van der Waals surface area contributed by atoms with Crippen LogP contribution in [0.15, 0.2) is 267 Å². The van der Waals surface area contributed by atoms with Crippen molar-refractivity contribution in [3.63, 3.8) is 0 Å². The molecule has 12 rings (SSSR count). The summed E-state index contributed by atoms with van der Waals surface area (Å²) in [5.41, 5.74) is 18.6. The summed E-state index contributed by atoms with van der Waals surface area (Å²) in [4.78, 5) is 2.44. The van der Waals surface area contributed by atoms with E-state index in [0.717, 1.165) is 28.3 Å². The summed E-state index contributed by atoms with van der Waals surface area (Å²) in [6, 6.07) is 97.0. The minimum atomic E-state index is 1.07. The lowest BCUT2D eigenvalue weighted by Gasteiger charge is -2.30. The average Bonchev–Trinajstić information content (AvgIpc) is 3.73. The molecule has 2 heteroatoms. The number of fused-ring (bicyclic) bond motifs is 4. The van der Waals surface area contributed by atoms with Crippen molar-refractivity contribution >= 4 is 49.6 Å². The normalized spacial score (nSPS) is 11.3. The molecule has 0 fully saturated rings. The highest BCUT2D eigenvalue weighted by molar-refractivity contribution is 6.10. The van der Waals surface area contributed by atoms with Crippen molar-refractivity contribution in [1.29, 1.82) is 0 Å². The van der Waals surface area contributed by atoms with Crippen LogP contribution in [0.2, 0.25) is 0 Å². The molecule has 0 aliphatic carbocycles. The minimum absolute atomic E-state index is 1.07. The summed E-state index contributed by atoms with van der Waals surface area (Å²) < 4.78 is 2.39. The lowest BCUT2D eigenvalue weighted by molar-refractivity contribution is 1.18. The zero-order valence-electron chi connectivity index (χ0n) is 36.3. The summed E-state index contributed by atoms with van der Waals surface area (Å²) in [5, 5.41) is 4.98. The third-order valence-electron chi connectivity index (χ3n) is 13.0. The van der Waals surface area contributed by atoms with Crippen molar-refractivity contribution in [3.8, 4) is 61.3 Å². The van der Waals surface area contributed by atoms with Crippen molar-refractivity contribution in [2.75, 3.05) is 4.90 Å². The summed E-state index contributed by atoms with van der Waals surface area (Å²) in [6.07, 6.45) is 0. The van der Waals surface area contributed by atoms with Gasteiger partial charge in [0.25, 0.3) is 0 Å². The van der Waals surface area contributed by atoms with Gasteiger partial charge in [0.15, 0.2) is 0 Å². The lowest BCUT2D eigenvalue weighted by atomic mass is 9.87. The molecular weight excluding hydrogens is 797 g/mol. The summed E-state index contributed by atoms with van der Waals surface area (Å²) in [5.74, 6) is 0. The van der Waals surface area contributed by atoms with Gasteiger partial charge < -0.3 is 9.47 Å². The van der Waals surface area contributed by atoms with E-state index >= 15 is 0 Å². The van der Waals surface area contributed by atoms with Gasteiger partial charge in [-0.25, -0.2) is 0 Å². The predicted molar refractivity (Wildman–Crippen MR) is 280 cm³/mol. The van der Waals surface area contributed by atoms with E-state index in [2.05, 4.69) is 276 Å². The van der Waals surface area contributed by atoms with Crippen molar-refractivity contribution in [3.05, 3.63) is 267 Å². The quantitative estimate of drug-likeness (QED) is 0.141. The first-order chi connectivity index (χ1) is 32.7. The van der Waals surface area contributed by atoms with Crippen LogP contribution in [0, 0.1) is 0 Å². The van der Waals surface area contributed by atoms with E-state index in [1.54, 1.807) is 0 Å². The van der Waals surface area contributed by atoms with Crippen molar-refractivity contribution < 1.29 is 0 Å². The maximum absolute atomic E-state index is 2.44. The Balaban J connectivity index is 1.04. The second kappa shape index (κ2) is 16.8. The average molecular weight is 841 g/mol. The van der Waals surface area contributed by atoms with Gasteiger partial charge in [-0.2, -0.15) is 0 Å². The molecule has 0 spiro atoms. The monoisotopic (exact) mass is 840 g/mol. The van der Waals surface area contributed by atoms with Crippen LogP contribution in [0.25, 0.3) is 93.9 Å². The fraction of sp³-hybridized carbons (Fsp3) is 0. The number of hydrogen-bond donors (Lipinski definition) is 0. The van der Waals surface area contributed by atoms with E-state index in [-0.39, 0.29) is 0 Å². The molecular formula is C64H44N2. The molecule has 0 unspecified atom stereocenters. The van der Waals surface area contributed by atoms with E-state index in [1.807, 2.05) is 0 Å². The third-order valence-corrected chi connectivity index (χ3v) is 13.0. The maximum atomic E-state index is 2.44. The largest absolute Gasteiger partial charge is 0.310 e. The fourth-order valence-electron chi connectivity index (χ4n) is 9.85.